The van der Waals surface area contributed by atoms with Gasteiger partial charge in [-0.25, -0.2) is 0 Å². The highest BCUT2D eigenvalue weighted by atomic mass is 16.5. The van der Waals surface area contributed by atoms with Gasteiger partial charge in [-0.15, -0.1) is 0 Å². The molecule has 18 heavy (non-hydrogen) atoms. The molecule has 1 amide bonds. The van der Waals surface area contributed by atoms with E-state index >= 15 is 0 Å². The second-order valence-electron chi connectivity index (χ2n) is 5.13. The molecule has 1 aliphatic carbocycles. The molecule has 4 nitrogen and oxygen atoms in total. The van der Waals surface area contributed by atoms with E-state index in [9.17, 15) is 4.79 Å². The number of hydrogen-bond donors (Lipinski definition) is 2. The lowest BCUT2D eigenvalue weighted by atomic mass is 9.77. The highest BCUT2D eigenvalue weighted by Crippen LogP contribution is 2.32. The molecule has 4 heteroatoms. The molecule has 1 aromatic carbocycles. The van der Waals surface area contributed by atoms with Gasteiger partial charge in [0.2, 0.25) is 5.91 Å². The molecule has 0 atom stereocenters. The predicted molar refractivity (Wildman–Crippen MR) is 71.6 cm³/mol. The average molecular weight is 248 g/mol. The number of ether oxygens (including phenoxy) is 1. The Bertz CT molecular complexity index is 439. The maximum Gasteiger partial charge on any atom is 0.244 e. The van der Waals surface area contributed by atoms with Crippen molar-refractivity contribution < 1.29 is 9.53 Å². The van der Waals surface area contributed by atoms with Gasteiger partial charge in [-0.1, -0.05) is 12.1 Å². The minimum Gasteiger partial charge on any atom is -0.489 e. The number of anilines is 1. The summed E-state index contributed by atoms with van der Waals surface area (Å²) in [6.07, 6.45) is 2.60. The number of hydrogen-bond acceptors (Lipinski definition) is 3. The molecule has 0 unspecified atom stereocenters. The Kier molecular flexibility index (Phi) is 3.57. The van der Waals surface area contributed by atoms with E-state index in [0.717, 1.165) is 19.3 Å². The van der Waals surface area contributed by atoms with Gasteiger partial charge in [-0.05, 0) is 45.2 Å². The molecule has 0 saturated heterocycles. The number of benzene rings is 1. The van der Waals surface area contributed by atoms with Crippen LogP contribution >= 0.6 is 0 Å². The first-order chi connectivity index (χ1) is 8.51. The topological polar surface area (TPSA) is 64.3 Å². The van der Waals surface area contributed by atoms with Crippen LogP contribution in [-0.2, 0) is 4.79 Å². The zero-order valence-electron chi connectivity index (χ0n) is 10.9. The first kappa shape index (κ1) is 12.9. The first-order valence-electron chi connectivity index (χ1n) is 6.37. The van der Waals surface area contributed by atoms with Crippen LogP contribution in [0.3, 0.4) is 0 Å². The Hall–Kier alpha value is -1.55. The Morgan fingerprint density at radius 1 is 1.39 bits per heavy atom. The van der Waals surface area contributed by atoms with Gasteiger partial charge >= 0.3 is 0 Å². The number of nitrogens with two attached hydrogens (primary N) is 1. The normalized spacial score (nSPS) is 17.1. The van der Waals surface area contributed by atoms with Crippen molar-refractivity contribution in [1.82, 2.24) is 0 Å². The largest absolute Gasteiger partial charge is 0.489 e. The van der Waals surface area contributed by atoms with Crippen molar-refractivity contribution in [3.05, 3.63) is 24.3 Å². The van der Waals surface area contributed by atoms with Gasteiger partial charge in [0.1, 0.15) is 5.75 Å². The summed E-state index contributed by atoms with van der Waals surface area (Å²) in [7, 11) is 0. The molecule has 1 aliphatic rings. The molecule has 0 aliphatic heterocycles. The summed E-state index contributed by atoms with van der Waals surface area (Å²) in [5, 5.41) is 2.87. The van der Waals surface area contributed by atoms with Gasteiger partial charge in [0.05, 0.1) is 17.3 Å². The van der Waals surface area contributed by atoms with Gasteiger partial charge in [0.25, 0.3) is 0 Å². The summed E-state index contributed by atoms with van der Waals surface area (Å²) in [6.45, 7) is 3.91. The monoisotopic (exact) mass is 248 g/mol. The van der Waals surface area contributed by atoms with E-state index < -0.39 is 5.54 Å². The molecule has 1 fully saturated rings. The molecule has 0 bridgehead atoms. The zero-order chi connectivity index (χ0) is 13.2. The number of carbonyl (C=O) groups excluding carboxylic acids is 1. The third-order valence-corrected chi connectivity index (χ3v) is 3.20. The quantitative estimate of drug-likeness (QED) is 0.859. The highest BCUT2D eigenvalue weighted by Gasteiger charge is 2.40. The molecule has 1 aromatic rings. The zero-order valence-corrected chi connectivity index (χ0v) is 10.9. The minimum atomic E-state index is -0.690. The fraction of sp³-hybridized carbons (Fsp3) is 0.500. The molecular weight excluding hydrogens is 228 g/mol. The molecule has 1 saturated carbocycles. The van der Waals surface area contributed by atoms with Crippen LogP contribution in [0.1, 0.15) is 33.1 Å². The van der Waals surface area contributed by atoms with E-state index in [1.54, 1.807) is 0 Å². The highest BCUT2D eigenvalue weighted by molar-refractivity contribution is 5.99. The first-order valence-corrected chi connectivity index (χ1v) is 6.37. The third kappa shape index (κ3) is 2.64. The van der Waals surface area contributed by atoms with E-state index in [1.807, 2.05) is 38.1 Å². The van der Waals surface area contributed by atoms with Crippen LogP contribution in [0.25, 0.3) is 0 Å². The van der Waals surface area contributed by atoms with Gasteiger partial charge < -0.3 is 15.8 Å². The van der Waals surface area contributed by atoms with Crippen LogP contribution in [0, 0.1) is 0 Å². The summed E-state index contributed by atoms with van der Waals surface area (Å²) in [6, 6.07) is 7.43. The Morgan fingerprint density at radius 2 is 2.06 bits per heavy atom. The van der Waals surface area contributed by atoms with E-state index in [0.29, 0.717) is 11.4 Å². The lowest BCUT2D eigenvalue weighted by Gasteiger charge is -2.36. The summed E-state index contributed by atoms with van der Waals surface area (Å²) in [5.74, 6) is 0.567. The van der Waals surface area contributed by atoms with Gasteiger partial charge in [-0.3, -0.25) is 4.79 Å². The van der Waals surface area contributed by atoms with Crippen molar-refractivity contribution in [2.45, 2.75) is 44.8 Å². The van der Waals surface area contributed by atoms with E-state index in [1.165, 1.54) is 0 Å². The van der Waals surface area contributed by atoms with Crippen LogP contribution in [0.4, 0.5) is 5.69 Å². The predicted octanol–water partition coefficient (Wildman–Crippen LogP) is 2.29. The molecule has 0 spiro atoms. The lowest BCUT2D eigenvalue weighted by Crippen LogP contribution is -2.56. The Morgan fingerprint density at radius 3 is 2.61 bits per heavy atom. The fourth-order valence-electron chi connectivity index (χ4n) is 1.96. The average Bonchev–Trinajstić information content (AvgIpc) is 2.27. The maximum absolute atomic E-state index is 12.1. The Balaban J connectivity index is 2.11. The molecular formula is C14H20N2O2. The van der Waals surface area contributed by atoms with Crippen molar-refractivity contribution in [3.63, 3.8) is 0 Å². The molecule has 0 heterocycles. The number of para-hydroxylation sites is 2. The minimum absolute atomic E-state index is 0.0681. The number of carbonyl (C=O) groups is 1. The molecule has 0 radical (unpaired) electrons. The van der Waals surface area contributed by atoms with Gasteiger partial charge in [-0.2, -0.15) is 0 Å². The second-order valence-corrected chi connectivity index (χ2v) is 5.13. The van der Waals surface area contributed by atoms with Crippen LogP contribution in [-0.4, -0.2) is 17.6 Å². The van der Waals surface area contributed by atoms with Crippen molar-refractivity contribution in [2.24, 2.45) is 5.73 Å². The third-order valence-electron chi connectivity index (χ3n) is 3.20. The van der Waals surface area contributed by atoms with Crippen LogP contribution in [0.5, 0.6) is 5.75 Å². The maximum atomic E-state index is 12.1. The summed E-state index contributed by atoms with van der Waals surface area (Å²) in [5.41, 5.74) is 5.99. The number of nitrogens with one attached hydrogen (secondary N) is 1. The molecule has 3 N–H and O–H groups in total. The molecule has 98 valence electrons. The fourth-order valence-corrected chi connectivity index (χ4v) is 1.96. The standard InChI is InChI=1S/C14H20N2O2/c1-10(2)18-12-7-4-3-6-11(12)16-13(17)14(15)8-5-9-14/h3-4,6-7,10H,5,8-9,15H2,1-2H3,(H,16,17). The molecule has 2 rings (SSSR count). The van der Waals surface area contributed by atoms with Gasteiger partial charge in [0, 0.05) is 0 Å². The number of amides is 1. The summed E-state index contributed by atoms with van der Waals surface area (Å²) < 4.78 is 5.65. The SMILES string of the molecule is CC(C)Oc1ccccc1NC(=O)C1(N)CCC1. The number of rotatable bonds is 4. The van der Waals surface area contributed by atoms with E-state index in [-0.39, 0.29) is 12.0 Å². The van der Waals surface area contributed by atoms with E-state index in [4.69, 9.17) is 10.5 Å². The summed E-state index contributed by atoms with van der Waals surface area (Å²) >= 11 is 0. The van der Waals surface area contributed by atoms with Crippen LogP contribution in [0.15, 0.2) is 24.3 Å². The van der Waals surface area contributed by atoms with E-state index in [2.05, 4.69) is 5.32 Å². The van der Waals surface area contributed by atoms with Crippen molar-refractivity contribution in [2.75, 3.05) is 5.32 Å². The molecule has 0 aromatic heterocycles. The van der Waals surface area contributed by atoms with Gasteiger partial charge in [0.15, 0.2) is 0 Å². The van der Waals surface area contributed by atoms with Crippen molar-refractivity contribution in [1.29, 1.82) is 0 Å². The van der Waals surface area contributed by atoms with Crippen molar-refractivity contribution in [3.8, 4) is 5.75 Å². The van der Waals surface area contributed by atoms with Crippen LogP contribution in [0.2, 0.25) is 0 Å². The summed E-state index contributed by atoms with van der Waals surface area (Å²) in [4.78, 5) is 12.1. The van der Waals surface area contributed by atoms with Crippen molar-refractivity contribution >= 4 is 11.6 Å². The Labute approximate surface area is 108 Å². The second kappa shape index (κ2) is 4.98. The van der Waals surface area contributed by atoms with Crippen LogP contribution < -0.4 is 15.8 Å². The smallest absolute Gasteiger partial charge is 0.244 e. The lowest BCUT2D eigenvalue weighted by molar-refractivity contribution is -0.123.